The Morgan fingerprint density at radius 3 is 2.62 bits per heavy atom. The Hall–Kier alpha value is -0.960. The molecule has 0 aliphatic rings. The Labute approximate surface area is 99.4 Å². The van der Waals surface area contributed by atoms with Gasteiger partial charge in [-0.3, -0.25) is 4.52 Å². The molecule has 16 heavy (non-hydrogen) atoms. The van der Waals surface area contributed by atoms with Crippen LogP contribution in [0, 0.1) is 0 Å². The molecule has 0 saturated carbocycles. The monoisotopic (exact) mass is 262 g/mol. The molecule has 1 aromatic rings. The summed E-state index contributed by atoms with van der Waals surface area (Å²) < 4.78 is 26.8. The molecule has 1 rings (SSSR count). The van der Waals surface area contributed by atoms with Gasteiger partial charge in [0.25, 0.3) is 0 Å². The molecule has 1 aromatic carbocycles. The largest absolute Gasteiger partial charge is 0.586 e. The molecule has 0 saturated heterocycles. The van der Waals surface area contributed by atoms with E-state index < -0.39 is 7.82 Å². The average Bonchev–Trinajstić information content (AvgIpc) is 2.28. The van der Waals surface area contributed by atoms with Crippen molar-refractivity contribution in [2.75, 3.05) is 12.5 Å². The Bertz CT molecular complexity index is 368. The van der Waals surface area contributed by atoms with E-state index in [1.165, 1.54) is 0 Å². The second-order valence-electron chi connectivity index (χ2n) is 2.65. The van der Waals surface area contributed by atoms with Gasteiger partial charge in [-0.1, -0.05) is 24.8 Å². The topological polar surface area (TPSA) is 44.8 Å². The molecule has 0 spiro atoms. The highest BCUT2D eigenvalue weighted by atomic mass is 35.5. The van der Waals surface area contributed by atoms with Crippen LogP contribution in [0.4, 0.5) is 0 Å². The zero-order valence-corrected chi connectivity index (χ0v) is 10.2. The summed E-state index contributed by atoms with van der Waals surface area (Å²) in [7, 11) is -3.66. The van der Waals surface area contributed by atoms with Gasteiger partial charge in [0.1, 0.15) is 5.75 Å². The van der Waals surface area contributed by atoms with Crippen LogP contribution in [0.25, 0.3) is 0 Å². The van der Waals surface area contributed by atoms with Crippen LogP contribution in [-0.2, 0) is 13.6 Å². The number of hydrogen-bond acceptors (Lipinski definition) is 4. The first kappa shape index (κ1) is 13.1. The first-order chi connectivity index (χ1) is 7.70. The summed E-state index contributed by atoms with van der Waals surface area (Å²) in [5.74, 6) is 0.588. The van der Waals surface area contributed by atoms with Crippen LogP contribution in [0.1, 0.15) is 0 Å². The summed E-state index contributed by atoms with van der Waals surface area (Å²) >= 11 is 5.43. The molecule has 0 N–H and O–H groups in total. The molecule has 0 amide bonds. The number of benzene rings is 1. The Kier molecular flexibility index (Phi) is 5.39. The summed E-state index contributed by atoms with van der Waals surface area (Å²) in [4.78, 5) is 0. The molecule has 0 aliphatic carbocycles. The fraction of sp³-hybridized carbons (Fsp3) is 0.200. The molecule has 6 heteroatoms. The summed E-state index contributed by atoms with van der Waals surface area (Å²) in [5.41, 5.74) is 0. The van der Waals surface area contributed by atoms with Gasteiger partial charge in [0.2, 0.25) is 0 Å². The first-order valence-electron chi connectivity index (χ1n) is 4.54. The van der Waals surface area contributed by atoms with Crippen molar-refractivity contribution in [2.45, 2.75) is 0 Å². The highest BCUT2D eigenvalue weighted by molar-refractivity contribution is 7.49. The first-order valence-corrected chi connectivity index (χ1v) is 6.54. The zero-order chi connectivity index (χ0) is 11.9. The number of phosphoric ester groups is 1. The SMILES string of the molecule is C=COP(=O)(OCCCl)Oc1ccccc1. The maximum absolute atomic E-state index is 11.9. The predicted molar refractivity (Wildman–Crippen MR) is 62.6 cm³/mol. The smallest absolute Gasteiger partial charge is 0.404 e. The molecule has 0 aliphatic heterocycles. The van der Waals surface area contributed by atoms with E-state index in [0.717, 1.165) is 6.26 Å². The zero-order valence-electron chi connectivity index (χ0n) is 8.54. The van der Waals surface area contributed by atoms with Crippen molar-refractivity contribution in [1.29, 1.82) is 0 Å². The lowest BCUT2D eigenvalue weighted by Gasteiger charge is -2.16. The summed E-state index contributed by atoms with van der Waals surface area (Å²) in [5, 5.41) is 0. The van der Waals surface area contributed by atoms with E-state index in [9.17, 15) is 4.57 Å². The number of alkyl halides is 1. The molecule has 0 fully saturated rings. The van der Waals surface area contributed by atoms with Gasteiger partial charge in [-0.15, -0.1) is 11.6 Å². The van der Waals surface area contributed by atoms with E-state index in [0.29, 0.717) is 5.75 Å². The van der Waals surface area contributed by atoms with Crippen molar-refractivity contribution in [3.8, 4) is 5.75 Å². The van der Waals surface area contributed by atoms with Crippen LogP contribution >= 0.6 is 19.4 Å². The quantitative estimate of drug-likeness (QED) is 0.428. The van der Waals surface area contributed by atoms with Gasteiger partial charge in [0.05, 0.1) is 12.9 Å². The van der Waals surface area contributed by atoms with E-state index in [1.54, 1.807) is 24.3 Å². The third kappa shape index (κ3) is 4.27. The van der Waals surface area contributed by atoms with Crippen molar-refractivity contribution in [2.24, 2.45) is 0 Å². The van der Waals surface area contributed by atoms with Crippen molar-refractivity contribution < 1.29 is 18.1 Å². The van der Waals surface area contributed by atoms with E-state index in [-0.39, 0.29) is 12.5 Å². The minimum absolute atomic E-state index is 0.0690. The van der Waals surface area contributed by atoms with E-state index in [1.807, 2.05) is 6.07 Å². The van der Waals surface area contributed by atoms with Crippen LogP contribution in [0.3, 0.4) is 0 Å². The van der Waals surface area contributed by atoms with E-state index in [4.69, 9.17) is 25.2 Å². The number of phosphoric acid groups is 1. The van der Waals surface area contributed by atoms with Gasteiger partial charge >= 0.3 is 7.82 Å². The lowest BCUT2D eigenvalue weighted by atomic mass is 10.3. The summed E-state index contributed by atoms with van der Waals surface area (Å²) in [6, 6.07) is 8.59. The second-order valence-corrected chi connectivity index (χ2v) is 4.57. The number of rotatable bonds is 7. The molecule has 0 bridgehead atoms. The van der Waals surface area contributed by atoms with Crippen LogP contribution < -0.4 is 4.52 Å². The average molecular weight is 263 g/mol. The number of hydrogen-bond donors (Lipinski definition) is 0. The van der Waals surface area contributed by atoms with Crippen LogP contribution in [0.15, 0.2) is 43.2 Å². The molecular formula is C10H12ClO4P. The van der Waals surface area contributed by atoms with E-state index >= 15 is 0 Å². The Morgan fingerprint density at radius 1 is 1.38 bits per heavy atom. The molecule has 1 unspecified atom stereocenters. The van der Waals surface area contributed by atoms with Gasteiger partial charge in [-0.25, -0.2) is 4.57 Å². The highest BCUT2D eigenvalue weighted by Crippen LogP contribution is 2.49. The van der Waals surface area contributed by atoms with E-state index in [2.05, 4.69) is 6.58 Å². The van der Waals surface area contributed by atoms with Gasteiger partial charge < -0.3 is 9.05 Å². The normalized spacial score (nSPS) is 13.8. The third-order valence-corrected chi connectivity index (χ3v) is 2.99. The standard InChI is InChI=1S/C10H12ClO4P/c1-2-13-16(12,14-9-8-11)15-10-6-4-3-5-7-10/h2-7H,1,8-9H2. The van der Waals surface area contributed by atoms with Crippen molar-refractivity contribution in [3.63, 3.8) is 0 Å². The Morgan fingerprint density at radius 2 is 2.06 bits per heavy atom. The lowest BCUT2D eigenvalue weighted by Crippen LogP contribution is -2.01. The minimum atomic E-state index is -3.66. The maximum Gasteiger partial charge on any atom is 0.586 e. The molecule has 0 radical (unpaired) electrons. The van der Waals surface area contributed by atoms with Crippen molar-refractivity contribution in [3.05, 3.63) is 43.2 Å². The van der Waals surface area contributed by atoms with Gasteiger partial charge in [-0.05, 0) is 12.1 Å². The van der Waals surface area contributed by atoms with Gasteiger partial charge in [0.15, 0.2) is 0 Å². The molecular weight excluding hydrogens is 251 g/mol. The molecule has 88 valence electrons. The van der Waals surface area contributed by atoms with Crippen molar-refractivity contribution in [1.82, 2.24) is 0 Å². The van der Waals surface area contributed by atoms with Crippen molar-refractivity contribution >= 4 is 19.4 Å². The van der Waals surface area contributed by atoms with Crippen LogP contribution in [0.2, 0.25) is 0 Å². The lowest BCUT2D eigenvalue weighted by molar-refractivity contribution is 0.204. The fourth-order valence-electron chi connectivity index (χ4n) is 0.926. The van der Waals surface area contributed by atoms with Crippen LogP contribution in [0.5, 0.6) is 5.75 Å². The molecule has 4 nitrogen and oxygen atoms in total. The minimum Gasteiger partial charge on any atom is -0.404 e. The number of halogens is 1. The second kappa shape index (κ2) is 6.59. The molecule has 0 aromatic heterocycles. The highest BCUT2D eigenvalue weighted by Gasteiger charge is 2.28. The predicted octanol–water partition coefficient (Wildman–Crippen LogP) is 3.59. The summed E-state index contributed by atoms with van der Waals surface area (Å²) in [6.07, 6.45) is 1.01. The third-order valence-electron chi connectivity index (χ3n) is 1.49. The summed E-state index contributed by atoms with van der Waals surface area (Å²) in [6.45, 7) is 3.38. The number of para-hydroxylation sites is 1. The fourth-order valence-corrected chi connectivity index (χ4v) is 2.15. The maximum atomic E-state index is 11.9. The molecule has 0 heterocycles. The molecule has 1 atom stereocenters. The van der Waals surface area contributed by atoms with Gasteiger partial charge in [-0.2, -0.15) is 0 Å². The van der Waals surface area contributed by atoms with Crippen LogP contribution in [-0.4, -0.2) is 12.5 Å². The van der Waals surface area contributed by atoms with Gasteiger partial charge in [0, 0.05) is 5.88 Å². The Balaban J connectivity index is 2.70.